The van der Waals surface area contributed by atoms with Crippen molar-refractivity contribution >= 4 is 21.6 Å². The molecule has 1 nitrogen and oxygen atoms in total. The molecule has 2 rings (SSSR count). The Kier molecular flexibility index (Phi) is 5.05. The second kappa shape index (κ2) is 6.42. The highest BCUT2D eigenvalue weighted by atomic mass is 79.9. The number of rotatable bonds is 4. The number of hydrogen-bond acceptors (Lipinski definition) is 1. The van der Waals surface area contributed by atoms with Gasteiger partial charge in [0.15, 0.2) is 0 Å². The first-order valence-corrected chi connectivity index (χ1v) is 8.46. The molecule has 0 N–H and O–H groups in total. The molecular formula is C16H22BrF2N. The Morgan fingerprint density at radius 3 is 2.00 bits per heavy atom. The van der Waals surface area contributed by atoms with Gasteiger partial charge in [0.1, 0.15) is 17.3 Å². The maximum absolute atomic E-state index is 14.1. The van der Waals surface area contributed by atoms with Crippen LogP contribution in [-0.2, 0) is 5.33 Å². The van der Waals surface area contributed by atoms with Crippen LogP contribution in [0.3, 0.4) is 0 Å². The van der Waals surface area contributed by atoms with E-state index in [2.05, 4.69) is 29.8 Å². The smallest absolute Gasteiger partial charge is 0.149 e. The minimum atomic E-state index is -0.444. The average Bonchev–Trinajstić information content (AvgIpc) is 2.47. The predicted octanol–water partition coefficient (Wildman–Crippen LogP) is 5.27. The fourth-order valence-electron chi connectivity index (χ4n) is 3.16. The molecule has 0 bridgehead atoms. The van der Waals surface area contributed by atoms with E-state index in [-0.39, 0.29) is 5.69 Å². The third-order valence-corrected chi connectivity index (χ3v) is 5.52. The molecule has 1 saturated heterocycles. The number of nitrogens with zero attached hydrogens (tertiary/aromatic N) is 1. The lowest BCUT2D eigenvalue weighted by molar-refractivity contribution is 0.198. The van der Waals surface area contributed by atoms with Gasteiger partial charge in [0, 0.05) is 18.4 Å². The number of alkyl halides is 1. The van der Waals surface area contributed by atoms with Crippen molar-refractivity contribution in [1.82, 2.24) is 0 Å². The lowest BCUT2D eigenvalue weighted by Gasteiger charge is -2.42. The van der Waals surface area contributed by atoms with Crippen LogP contribution in [0, 0.1) is 17.0 Å². The molecule has 0 amide bonds. The number of benzene rings is 1. The summed E-state index contributed by atoms with van der Waals surface area (Å²) in [6, 6.07) is 2.85. The van der Waals surface area contributed by atoms with Crippen LogP contribution in [0.25, 0.3) is 0 Å². The van der Waals surface area contributed by atoms with E-state index < -0.39 is 11.6 Å². The van der Waals surface area contributed by atoms with Crippen molar-refractivity contribution in [1.29, 1.82) is 0 Å². The van der Waals surface area contributed by atoms with Crippen molar-refractivity contribution in [3.8, 4) is 0 Å². The molecule has 0 aromatic heterocycles. The van der Waals surface area contributed by atoms with E-state index in [0.717, 1.165) is 38.8 Å². The van der Waals surface area contributed by atoms with Crippen LogP contribution in [0.5, 0.6) is 0 Å². The van der Waals surface area contributed by atoms with Gasteiger partial charge < -0.3 is 4.90 Å². The zero-order valence-electron chi connectivity index (χ0n) is 12.2. The Morgan fingerprint density at radius 1 is 1.10 bits per heavy atom. The molecule has 1 heterocycles. The maximum Gasteiger partial charge on any atom is 0.149 e. The minimum Gasteiger partial charge on any atom is -0.367 e. The van der Waals surface area contributed by atoms with E-state index in [4.69, 9.17) is 0 Å². The van der Waals surface area contributed by atoms with Crippen molar-refractivity contribution in [2.45, 2.75) is 44.9 Å². The van der Waals surface area contributed by atoms with Crippen LogP contribution in [-0.4, -0.2) is 13.1 Å². The molecule has 1 aromatic carbocycles. The highest BCUT2D eigenvalue weighted by Gasteiger charge is 2.32. The summed E-state index contributed by atoms with van der Waals surface area (Å²) >= 11 is 3.23. The van der Waals surface area contributed by atoms with E-state index in [0.29, 0.717) is 16.3 Å². The molecule has 1 aliphatic heterocycles. The Balaban J connectivity index is 2.19. The molecule has 1 aliphatic rings. The summed E-state index contributed by atoms with van der Waals surface area (Å²) in [6.45, 7) is 5.91. The molecule has 0 aliphatic carbocycles. The van der Waals surface area contributed by atoms with Gasteiger partial charge in [-0.2, -0.15) is 0 Å². The van der Waals surface area contributed by atoms with Crippen molar-refractivity contribution in [3.63, 3.8) is 0 Å². The maximum atomic E-state index is 14.1. The van der Waals surface area contributed by atoms with Gasteiger partial charge in [0.25, 0.3) is 0 Å². The third-order valence-electron chi connectivity index (χ3n) is 4.87. The Hall–Kier alpha value is -0.640. The monoisotopic (exact) mass is 345 g/mol. The van der Waals surface area contributed by atoms with Crippen LogP contribution in [0.1, 0.15) is 45.1 Å². The number of piperidine rings is 1. The van der Waals surface area contributed by atoms with Gasteiger partial charge in [-0.3, -0.25) is 0 Å². The molecule has 4 heteroatoms. The second-order valence-electron chi connectivity index (χ2n) is 5.74. The lowest BCUT2D eigenvalue weighted by Crippen LogP contribution is -2.40. The molecule has 20 heavy (non-hydrogen) atoms. The molecule has 1 aromatic rings. The van der Waals surface area contributed by atoms with E-state index in [9.17, 15) is 8.78 Å². The second-order valence-corrected chi connectivity index (χ2v) is 6.30. The molecule has 112 valence electrons. The van der Waals surface area contributed by atoms with Gasteiger partial charge >= 0.3 is 0 Å². The van der Waals surface area contributed by atoms with Gasteiger partial charge in [-0.1, -0.05) is 42.6 Å². The molecule has 0 saturated carbocycles. The highest BCUT2D eigenvalue weighted by molar-refractivity contribution is 9.08. The number of hydrogen-bond donors (Lipinski definition) is 0. The van der Waals surface area contributed by atoms with Crippen molar-refractivity contribution < 1.29 is 8.78 Å². The first-order valence-electron chi connectivity index (χ1n) is 7.34. The minimum absolute atomic E-state index is 0.149. The molecule has 0 unspecified atom stereocenters. The van der Waals surface area contributed by atoms with Crippen LogP contribution in [0.4, 0.5) is 14.5 Å². The van der Waals surface area contributed by atoms with Gasteiger partial charge in [-0.15, -0.1) is 0 Å². The van der Waals surface area contributed by atoms with E-state index in [1.165, 1.54) is 12.1 Å². The zero-order chi connectivity index (χ0) is 14.8. The summed E-state index contributed by atoms with van der Waals surface area (Å²) in [4.78, 5) is 1.87. The summed E-state index contributed by atoms with van der Waals surface area (Å²) in [5.41, 5.74) is 1.15. The summed E-state index contributed by atoms with van der Waals surface area (Å²) in [5, 5.41) is 0.468. The standard InChI is InChI=1S/C16H22BrF2N/c1-3-16(4-2)5-7-20(8-6-16)15-13(18)9-12(11-17)10-14(15)19/h9-10H,3-8,11H2,1-2H3. The van der Waals surface area contributed by atoms with Gasteiger partial charge in [0.05, 0.1) is 0 Å². The molecule has 0 spiro atoms. The first kappa shape index (κ1) is 15.7. The largest absolute Gasteiger partial charge is 0.367 e. The fraction of sp³-hybridized carbons (Fsp3) is 0.625. The van der Waals surface area contributed by atoms with Crippen LogP contribution < -0.4 is 4.90 Å². The van der Waals surface area contributed by atoms with E-state index >= 15 is 0 Å². The molecule has 1 fully saturated rings. The average molecular weight is 346 g/mol. The van der Waals surface area contributed by atoms with Crippen LogP contribution >= 0.6 is 15.9 Å². The van der Waals surface area contributed by atoms with E-state index in [1.807, 2.05) is 4.90 Å². The first-order chi connectivity index (χ1) is 9.55. The zero-order valence-corrected chi connectivity index (χ0v) is 13.8. The molecule has 0 radical (unpaired) electrons. The fourth-order valence-corrected chi connectivity index (χ4v) is 3.48. The van der Waals surface area contributed by atoms with Crippen molar-refractivity contribution in [3.05, 3.63) is 29.3 Å². The van der Waals surface area contributed by atoms with Crippen molar-refractivity contribution in [2.24, 2.45) is 5.41 Å². The third kappa shape index (κ3) is 3.00. The van der Waals surface area contributed by atoms with Crippen molar-refractivity contribution in [2.75, 3.05) is 18.0 Å². The Labute approximate surface area is 128 Å². The highest BCUT2D eigenvalue weighted by Crippen LogP contribution is 2.40. The topological polar surface area (TPSA) is 3.24 Å². The molecular weight excluding hydrogens is 324 g/mol. The quantitative estimate of drug-likeness (QED) is 0.672. The SMILES string of the molecule is CCC1(CC)CCN(c2c(F)cc(CBr)cc2F)CC1. The Bertz CT molecular complexity index is 439. The summed E-state index contributed by atoms with van der Waals surface area (Å²) < 4.78 is 28.3. The summed E-state index contributed by atoms with van der Waals surface area (Å²) in [7, 11) is 0. The van der Waals surface area contributed by atoms with Crippen LogP contribution in [0.15, 0.2) is 12.1 Å². The predicted molar refractivity (Wildman–Crippen MR) is 83.5 cm³/mol. The van der Waals surface area contributed by atoms with Gasteiger partial charge in [-0.25, -0.2) is 8.78 Å². The van der Waals surface area contributed by atoms with Gasteiger partial charge in [-0.05, 0) is 36.0 Å². The van der Waals surface area contributed by atoms with Crippen LogP contribution in [0.2, 0.25) is 0 Å². The number of halogens is 3. The lowest BCUT2D eigenvalue weighted by atomic mass is 9.74. The Morgan fingerprint density at radius 2 is 1.60 bits per heavy atom. The number of anilines is 1. The summed E-state index contributed by atoms with van der Waals surface area (Å²) in [6.07, 6.45) is 4.31. The summed E-state index contributed by atoms with van der Waals surface area (Å²) in [5.74, 6) is -0.889. The molecule has 0 atom stereocenters. The normalized spacial score (nSPS) is 18.4. The van der Waals surface area contributed by atoms with Gasteiger partial charge in [0.2, 0.25) is 0 Å². The van der Waals surface area contributed by atoms with E-state index in [1.54, 1.807) is 0 Å².